The van der Waals surface area contributed by atoms with Crippen molar-refractivity contribution in [3.63, 3.8) is 0 Å². The van der Waals surface area contributed by atoms with E-state index in [-0.39, 0.29) is 11.9 Å². The van der Waals surface area contributed by atoms with Gasteiger partial charge in [-0.25, -0.2) is 0 Å². The zero-order chi connectivity index (χ0) is 17.8. The Morgan fingerprint density at radius 2 is 2.08 bits per heavy atom. The highest BCUT2D eigenvalue weighted by Crippen LogP contribution is 2.35. The van der Waals surface area contributed by atoms with Crippen LogP contribution in [-0.4, -0.2) is 26.8 Å². The van der Waals surface area contributed by atoms with E-state index in [1.54, 1.807) is 12.4 Å². The van der Waals surface area contributed by atoms with Gasteiger partial charge in [0.05, 0.1) is 6.04 Å². The van der Waals surface area contributed by atoms with Crippen molar-refractivity contribution in [1.29, 1.82) is 0 Å². The van der Waals surface area contributed by atoms with Crippen molar-refractivity contribution in [3.05, 3.63) is 60.2 Å². The van der Waals surface area contributed by atoms with Crippen LogP contribution in [0.4, 0.5) is 0 Å². The Labute approximate surface area is 155 Å². The van der Waals surface area contributed by atoms with Crippen LogP contribution < -0.4 is 5.32 Å². The molecule has 0 aliphatic carbocycles. The van der Waals surface area contributed by atoms with Crippen LogP contribution in [-0.2, 0) is 11.2 Å². The van der Waals surface area contributed by atoms with Crippen LogP contribution in [0.5, 0.6) is 0 Å². The minimum atomic E-state index is 0.000337. The van der Waals surface area contributed by atoms with Gasteiger partial charge in [0.25, 0.3) is 0 Å². The maximum atomic E-state index is 12.4. The molecule has 0 radical (unpaired) electrons. The zero-order valence-electron chi connectivity index (χ0n) is 14.1. The van der Waals surface area contributed by atoms with Gasteiger partial charge in [-0.3, -0.25) is 9.78 Å². The van der Waals surface area contributed by atoms with E-state index in [1.807, 2.05) is 36.0 Å². The molecule has 3 aromatic rings. The molecule has 2 aromatic heterocycles. The van der Waals surface area contributed by atoms with Gasteiger partial charge in [0, 0.05) is 41.4 Å². The number of aromatic nitrogens is 3. The lowest BCUT2D eigenvalue weighted by atomic mass is 10.0. The lowest BCUT2D eigenvalue weighted by molar-refractivity contribution is -0.121. The Bertz CT molecular complexity index is 897. The van der Waals surface area contributed by atoms with Crippen molar-refractivity contribution < 1.29 is 9.32 Å². The summed E-state index contributed by atoms with van der Waals surface area (Å²) in [6.07, 6.45) is 5.05. The molecule has 0 saturated heterocycles. The molecule has 7 heteroatoms. The first-order valence-corrected chi connectivity index (χ1v) is 9.52. The summed E-state index contributed by atoms with van der Waals surface area (Å²) in [6, 6.07) is 12.0. The fourth-order valence-electron chi connectivity index (χ4n) is 2.95. The highest BCUT2D eigenvalue weighted by Gasteiger charge is 2.22. The minimum absolute atomic E-state index is 0.000337. The summed E-state index contributed by atoms with van der Waals surface area (Å²) in [6.45, 7) is 0. The molecule has 0 fully saturated rings. The Morgan fingerprint density at radius 3 is 2.96 bits per heavy atom. The predicted octanol–water partition coefficient (Wildman–Crippen LogP) is 3.42. The molecule has 1 aliphatic heterocycles. The molecule has 0 bridgehead atoms. The topological polar surface area (TPSA) is 80.9 Å². The first-order valence-electron chi connectivity index (χ1n) is 8.53. The second kappa shape index (κ2) is 7.70. The van der Waals surface area contributed by atoms with Crippen LogP contribution in [0.25, 0.3) is 11.4 Å². The summed E-state index contributed by atoms with van der Waals surface area (Å²) in [5.74, 6) is 1.99. The third-order valence-corrected chi connectivity index (χ3v) is 5.39. The number of hydrogen-bond donors (Lipinski definition) is 1. The number of pyridine rings is 1. The smallest absolute Gasteiger partial charge is 0.227 e. The first-order chi connectivity index (χ1) is 12.8. The van der Waals surface area contributed by atoms with Gasteiger partial charge < -0.3 is 9.84 Å². The number of nitrogens with one attached hydrogen (secondary N) is 1. The average Bonchev–Trinajstić information content (AvgIpc) is 3.17. The van der Waals surface area contributed by atoms with Crippen LogP contribution >= 0.6 is 11.8 Å². The minimum Gasteiger partial charge on any atom is -0.349 e. The van der Waals surface area contributed by atoms with Gasteiger partial charge in [-0.05, 0) is 30.2 Å². The molecule has 0 spiro atoms. The van der Waals surface area contributed by atoms with Crippen molar-refractivity contribution in [3.8, 4) is 11.4 Å². The van der Waals surface area contributed by atoms with Gasteiger partial charge in [-0.2, -0.15) is 4.98 Å². The Hall–Kier alpha value is -2.67. The number of rotatable bonds is 5. The van der Waals surface area contributed by atoms with Crippen LogP contribution in [0.1, 0.15) is 30.3 Å². The Morgan fingerprint density at radius 1 is 1.23 bits per heavy atom. The van der Waals surface area contributed by atoms with Gasteiger partial charge in [0.1, 0.15) is 0 Å². The van der Waals surface area contributed by atoms with E-state index in [0.29, 0.717) is 24.6 Å². The van der Waals surface area contributed by atoms with Gasteiger partial charge in [-0.15, -0.1) is 11.8 Å². The average molecular weight is 366 g/mol. The van der Waals surface area contributed by atoms with E-state index in [1.165, 1.54) is 10.5 Å². The molecule has 3 heterocycles. The van der Waals surface area contributed by atoms with Crippen LogP contribution in [0, 0.1) is 0 Å². The molecule has 1 atom stereocenters. The monoisotopic (exact) mass is 366 g/mol. The summed E-state index contributed by atoms with van der Waals surface area (Å²) in [5, 5.41) is 7.09. The molecule has 132 valence electrons. The van der Waals surface area contributed by atoms with E-state index < -0.39 is 0 Å². The fourth-order valence-corrected chi connectivity index (χ4v) is 4.08. The third-order valence-electron chi connectivity index (χ3n) is 4.27. The van der Waals surface area contributed by atoms with Crippen molar-refractivity contribution in [2.24, 2.45) is 0 Å². The van der Waals surface area contributed by atoms with Crippen molar-refractivity contribution >= 4 is 17.7 Å². The molecule has 6 nitrogen and oxygen atoms in total. The molecule has 0 unspecified atom stereocenters. The second-order valence-electron chi connectivity index (χ2n) is 6.04. The van der Waals surface area contributed by atoms with E-state index in [0.717, 1.165) is 17.7 Å². The van der Waals surface area contributed by atoms with E-state index in [2.05, 4.69) is 32.6 Å². The highest BCUT2D eigenvalue weighted by molar-refractivity contribution is 7.99. The van der Waals surface area contributed by atoms with E-state index in [9.17, 15) is 4.79 Å². The number of carbonyl (C=O) groups excluding carboxylic acids is 1. The molecule has 1 N–H and O–H groups in total. The van der Waals surface area contributed by atoms with E-state index >= 15 is 0 Å². The maximum absolute atomic E-state index is 12.4. The molecular formula is C19H18N4O2S. The SMILES string of the molecule is O=C(CCc1nc(-c2ccncc2)no1)N[C@H]1CCSc2ccccc21. The Balaban J connectivity index is 1.35. The summed E-state index contributed by atoms with van der Waals surface area (Å²) >= 11 is 1.84. The fraction of sp³-hybridized carbons (Fsp3) is 0.263. The predicted molar refractivity (Wildman–Crippen MR) is 98.5 cm³/mol. The third kappa shape index (κ3) is 3.77. The second-order valence-corrected chi connectivity index (χ2v) is 7.18. The molecule has 1 aromatic carbocycles. The summed E-state index contributed by atoms with van der Waals surface area (Å²) in [4.78, 5) is 21.9. The first kappa shape index (κ1) is 16.8. The number of hydrogen-bond acceptors (Lipinski definition) is 6. The number of carbonyl (C=O) groups is 1. The molecule has 0 saturated carbocycles. The largest absolute Gasteiger partial charge is 0.349 e. The van der Waals surface area contributed by atoms with Crippen molar-refractivity contribution in [1.82, 2.24) is 20.4 Å². The van der Waals surface area contributed by atoms with Crippen molar-refractivity contribution in [2.45, 2.75) is 30.2 Å². The summed E-state index contributed by atoms with van der Waals surface area (Å²) in [7, 11) is 0. The number of fused-ring (bicyclic) bond motifs is 1. The highest BCUT2D eigenvalue weighted by atomic mass is 32.2. The van der Waals surface area contributed by atoms with Gasteiger partial charge in [0.15, 0.2) is 0 Å². The van der Waals surface area contributed by atoms with Gasteiger partial charge in [0.2, 0.25) is 17.6 Å². The number of aryl methyl sites for hydroxylation is 1. The van der Waals surface area contributed by atoms with Crippen LogP contribution in [0.3, 0.4) is 0 Å². The molecule has 4 rings (SSSR count). The van der Waals surface area contributed by atoms with Crippen LogP contribution in [0.2, 0.25) is 0 Å². The van der Waals surface area contributed by atoms with Crippen LogP contribution in [0.15, 0.2) is 58.2 Å². The lowest BCUT2D eigenvalue weighted by Gasteiger charge is -2.25. The number of thioether (sulfide) groups is 1. The number of benzene rings is 1. The summed E-state index contributed by atoms with van der Waals surface area (Å²) in [5.41, 5.74) is 2.05. The van der Waals surface area contributed by atoms with Gasteiger partial charge >= 0.3 is 0 Å². The van der Waals surface area contributed by atoms with Crippen molar-refractivity contribution in [2.75, 3.05) is 5.75 Å². The lowest BCUT2D eigenvalue weighted by Crippen LogP contribution is -2.30. The molecular weight excluding hydrogens is 348 g/mol. The molecule has 1 amide bonds. The molecule has 26 heavy (non-hydrogen) atoms. The standard InChI is InChI=1S/C19H18N4O2S/c24-17(21-15-9-12-26-16-4-2-1-3-14(15)16)5-6-18-22-19(23-25-18)13-7-10-20-11-8-13/h1-4,7-8,10-11,15H,5-6,9,12H2,(H,21,24)/t15-/m0/s1. The normalized spacial score (nSPS) is 16.1. The Kier molecular flexibility index (Phi) is 4.97. The molecule has 1 aliphatic rings. The summed E-state index contributed by atoms with van der Waals surface area (Å²) < 4.78 is 5.25. The van der Waals surface area contributed by atoms with Gasteiger partial charge in [-0.1, -0.05) is 23.4 Å². The zero-order valence-corrected chi connectivity index (χ0v) is 14.9. The van der Waals surface area contributed by atoms with E-state index in [4.69, 9.17) is 4.52 Å². The quantitative estimate of drug-likeness (QED) is 0.745. The maximum Gasteiger partial charge on any atom is 0.227 e. The number of amides is 1. The number of nitrogens with zero attached hydrogens (tertiary/aromatic N) is 3.